The molecule has 0 saturated heterocycles. The van der Waals surface area contributed by atoms with Crippen molar-refractivity contribution in [1.29, 1.82) is 0 Å². The van der Waals surface area contributed by atoms with Crippen LogP contribution in [-0.4, -0.2) is 15.2 Å². The molecule has 2 heterocycles. The molecular weight excluding hydrogens is 375 g/mol. The van der Waals surface area contributed by atoms with Gasteiger partial charge in [0.15, 0.2) is 0 Å². The summed E-state index contributed by atoms with van der Waals surface area (Å²) in [5.74, 6) is 0.659. The van der Waals surface area contributed by atoms with Crippen molar-refractivity contribution in [3.63, 3.8) is 0 Å². The molecule has 0 N–H and O–H groups in total. The van der Waals surface area contributed by atoms with Crippen LogP contribution in [0.5, 0.6) is 0 Å². The van der Waals surface area contributed by atoms with Crippen LogP contribution < -0.4 is 0 Å². The number of hydrogen-bond donors (Lipinski definition) is 0. The number of hydrogen-bond acceptors (Lipinski definition) is 5. The molecule has 0 saturated carbocycles. The molecule has 25 heavy (non-hydrogen) atoms. The van der Waals surface area contributed by atoms with Crippen LogP contribution >= 0.6 is 23.4 Å². The molecule has 0 atom stereocenters. The van der Waals surface area contributed by atoms with Gasteiger partial charge in [-0.1, -0.05) is 41.6 Å². The topological polar surface area (TPSA) is 51.8 Å². The maximum atomic E-state index is 12.7. The van der Waals surface area contributed by atoms with E-state index in [2.05, 4.69) is 15.2 Å². The number of pyridine rings is 1. The summed E-state index contributed by atoms with van der Waals surface area (Å²) in [5, 5.41) is 8.72. The van der Waals surface area contributed by atoms with Crippen molar-refractivity contribution in [2.75, 3.05) is 0 Å². The average Bonchev–Trinajstić information content (AvgIpc) is 3.02. The van der Waals surface area contributed by atoms with E-state index in [1.807, 2.05) is 18.2 Å². The Kier molecular flexibility index (Phi) is 5.01. The lowest BCUT2D eigenvalue weighted by Gasteiger charge is -2.07. The smallest absolute Gasteiger partial charge is 0.411 e. The van der Waals surface area contributed by atoms with Gasteiger partial charge in [0, 0.05) is 10.8 Å². The zero-order valence-corrected chi connectivity index (χ0v) is 14.4. The third-order valence-electron chi connectivity index (χ3n) is 3.32. The van der Waals surface area contributed by atoms with E-state index in [0.717, 1.165) is 11.6 Å². The highest BCUT2D eigenvalue weighted by molar-refractivity contribution is 7.98. The second kappa shape index (κ2) is 7.05. The third-order valence-corrected chi connectivity index (χ3v) is 4.56. The molecule has 4 nitrogen and oxygen atoms in total. The molecule has 0 unspecified atom stereocenters. The number of thioether (sulfide) groups is 1. The van der Waals surface area contributed by atoms with Crippen molar-refractivity contribution in [2.24, 2.45) is 0 Å². The number of alkyl halides is 3. The van der Waals surface area contributed by atoms with Crippen LogP contribution in [0.25, 0.3) is 11.5 Å². The number of aryl methyl sites for hydroxylation is 1. The predicted molar refractivity (Wildman–Crippen MR) is 88.3 cm³/mol. The summed E-state index contributed by atoms with van der Waals surface area (Å²) in [7, 11) is 0. The molecule has 130 valence electrons. The lowest BCUT2D eigenvalue weighted by atomic mass is 10.2. The molecule has 9 heteroatoms. The molecule has 0 fully saturated rings. The van der Waals surface area contributed by atoms with Gasteiger partial charge >= 0.3 is 6.18 Å². The lowest BCUT2D eigenvalue weighted by Crippen LogP contribution is -2.08. The number of aromatic nitrogens is 3. The SMILES string of the molecule is Cc1nc(C(F)(F)F)ccc1-c1nnc(SCc2ccccc2Cl)o1. The maximum Gasteiger partial charge on any atom is 0.433 e. The number of nitrogens with zero attached hydrogens (tertiary/aromatic N) is 3. The van der Waals surface area contributed by atoms with Crippen LogP contribution in [0.1, 0.15) is 17.0 Å². The van der Waals surface area contributed by atoms with Crippen molar-refractivity contribution in [3.05, 3.63) is 58.4 Å². The minimum Gasteiger partial charge on any atom is -0.411 e. The van der Waals surface area contributed by atoms with Gasteiger partial charge in [-0.25, -0.2) is 4.98 Å². The Morgan fingerprint density at radius 2 is 1.88 bits per heavy atom. The van der Waals surface area contributed by atoms with Gasteiger partial charge in [0.1, 0.15) is 5.69 Å². The van der Waals surface area contributed by atoms with Crippen LogP contribution in [0.3, 0.4) is 0 Å². The molecule has 0 aliphatic rings. The van der Waals surface area contributed by atoms with Crippen LogP contribution in [0.15, 0.2) is 46.0 Å². The van der Waals surface area contributed by atoms with Gasteiger partial charge in [0.05, 0.1) is 11.3 Å². The standard InChI is InChI=1S/C16H11ClF3N3OS/c1-9-11(6-7-13(21-9)16(18,19)20)14-22-23-15(24-14)25-8-10-4-2-3-5-12(10)17/h2-7H,8H2,1H3. The van der Waals surface area contributed by atoms with Gasteiger partial charge in [-0.15, -0.1) is 10.2 Å². The van der Waals surface area contributed by atoms with Crippen molar-refractivity contribution >= 4 is 23.4 Å². The first-order valence-electron chi connectivity index (χ1n) is 7.09. The summed E-state index contributed by atoms with van der Waals surface area (Å²) in [5.41, 5.74) is 0.495. The molecule has 3 rings (SSSR count). The van der Waals surface area contributed by atoms with E-state index in [1.54, 1.807) is 6.07 Å². The Balaban J connectivity index is 1.76. The zero-order chi connectivity index (χ0) is 18.0. The molecule has 2 aromatic heterocycles. The van der Waals surface area contributed by atoms with Gasteiger partial charge in [0.25, 0.3) is 11.1 Å². The van der Waals surface area contributed by atoms with Crippen LogP contribution in [0.4, 0.5) is 13.2 Å². The summed E-state index contributed by atoms with van der Waals surface area (Å²) < 4.78 is 43.5. The minimum atomic E-state index is -4.49. The largest absolute Gasteiger partial charge is 0.433 e. The van der Waals surface area contributed by atoms with E-state index in [1.165, 1.54) is 24.8 Å². The molecule has 0 bridgehead atoms. The zero-order valence-electron chi connectivity index (χ0n) is 12.8. The van der Waals surface area contributed by atoms with E-state index in [9.17, 15) is 13.2 Å². The summed E-state index contributed by atoms with van der Waals surface area (Å²) in [6.07, 6.45) is -4.49. The Morgan fingerprint density at radius 3 is 2.56 bits per heavy atom. The Morgan fingerprint density at radius 1 is 1.12 bits per heavy atom. The van der Waals surface area contributed by atoms with Crippen molar-refractivity contribution in [2.45, 2.75) is 24.1 Å². The summed E-state index contributed by atoms with van der Waals surface area (Å²) >= 11 is 7.38. The van der Waals surface area contributed by atoms with Gasteiger partial charge in [-0.2, -0.15) is 13.2 Å². The van der Waals surface area contributed by atoms with Gasteiger partial charge < -0.3 is 4.42 Å². The Labute approximate surface area is 150 Å². The van der Waals surface area contributed by atoms with Gasteiger partial charge in [-0.05, 0) is 30.7 Å². The first-order valence-corrected chi connectivity index (χ1v) is 8.46. The number of halogens is 4. The first kappa shape index (κ1) is 17.8. The highest BCUT2D eigenvalue weighted by atomic mass is 35.5. The fourth-order valence-corrected chi connectivity index (χ4v) is 3.13. The quantitative estimate of drug-likeness (QED) is 0.562. The Bertz CT molecular complexity index is 898. The molecule has 1 aromatic carbocycles. The predicted octanol–water partition coefficient (Wildman–Crippen LogP) is 5.40. The van der Waals surface area contributed by atoms with E-state index >= 15 is 0 Å². The average molecular weight is 386 g/mol. The lowest BCUT2D eigenvalue weighted by molar-refractivity contribution is -0.141. The van der Waals surface area contributed by atoms with E-state index in [4.69, 9.17) is 16.0 Å². The fraction of sp³-hybridized carbons (Fsp3) is 0.188. The minimum absolute atomic E-state index is 0.125. The van der Waals surface area contributed by atoms with Crippen LogP contribution in [-0.2, 0) is 11.9 Å². The maximum absolute atomic E-state index is 12.7. The van der Waals surface area contributed by atoms with Crippen molar-refractivity contribution in [1.82, 2.24) is 15.2 Å². The van der Waals surface area contributed by atoms with Crippen LogP contribution in [0, 0.1) is 6.92 Å². The second-order valence-electron chi connectivity index (χ2n) is 5.08. The third kappa shape index (κ3) is 4.13. The molecule has 0 spiro atoms. The van der Waals surface area contributed by atoms with E-state index in [-0.39, 0.29) is 11.6 Å². The fourth-order valence-electron chi connectivity index (χ4n) is 2.08. The van der Waals surface area contributed by atoms with Crippen molar-refractivity contribution < 1.29 is 17.6 Å². The molecule has 3 aromatic rings. The Hall–Kier alpha value is -2.06. The van der Waals surface area contributed by atoms with Crippen LogP contribution in [0.2, 0.25) is 5.02 Å². The first-order chi connectivity index (χ1) is 11.8. The van der Waals surface area contributed by atoms with Gasteiger partial charge in [-0.3, -0.25) is 0 Å². The summed E-state index contributed by atoms with van der Waals surface area (Å²) in [6.45, 7) is 1.46. The number of benzene rings is 1. The van der Waals surface area contributed by atoms with E-state index in [0.29, 0.717) is 21.6 Å². The second-order valence-corrected chi connectivity index (χ2v) is 6.41. The highest BCUT2D eigenvalue weighted by Gasteiger charge is 2.33. The van der Waals surface area contributed by atoms with Gasteiger partial charge in [0.2, 0.25) is 0 Å². The van der Waals surface area contributed by atoms with E-state index < -0.39 is 11.9 Å². The summed E-state index contributed by atoms with van der Waals surface area (Å²) in [4.78, 5) is 3.56. The monoisotopic (exact) mass is 385 g/mol. The van der Waals surface area contributed by atoms with Crippen molar-refractivity contribution in [3.8, 4) is 11.5 Å². The highest BCUT2D eigenvalue weighted by Crippen LogP contribution is 2.32. The molecule has 0 radical (unpaired) electrons. The summed E-state index contributed by atoms with van der Waals surface area (Å²) in [6, 6.07) is 9.55. The molecule has 0 amide bonds. The molecular formula is C16H11ClF3N3OS. The molecule has 0 aliphatic carbocycles. The molecule has 0 aliphatic heterocycles. The normalized spacial score (nSPS) is 11.7. The number of rotatable bonds is 4.